The van der Waals surface area contributed by atoms with E-state index in [9.17, 15) is 14.4 Å². The van der Waals surface area contributed by atoms with Crippen LogP contribution in [-0.4, -0.2) is 37.2 Å². The number of ether oxygens (including phenoxy) is 3. The molecule has 0 rings (SSSR count). The van der Waals surface area contributed by atoms with Gasteiger partial charge < -0.3 is 14.2 Å². The first-order valence-electron chi connectivity index (χ1n) is 25.7. The molecule has 0 saturated heterocycles. The highest BCUT2D eigenvalue weighted by atomic mass is 16.6. The van der Waals surface area contributed by atoms with E-state index in [-0.39, 0.29) is 31.1 Å². The van der Waals surface area contributed by atoms with Crippen LogP contribution in [0.3, 0.4) is 0 Å². The van der Waals surface area contributed by atoms with E-state index in [2.05, 4.69) is 34.6 Å². The average Bonchev–Trinajstić information content (AvgIpc) is 3.19. The molecule has 0 aliphatic carbocycles. The lowest BCUT2D eigenvalue weighted by molar-refractivity contribution is -0.167. The molecule has 0 aromatic heterocycles. The van der Waals surface area contributed by atoms with Gasteiger partial charge >= 0.3 is 17.9 Å². The van der Waals surface area contributed by atoms with E-state index in [1.54, 1.807) is 0 Å². The van der Waals surface area contributed by atoms with Crippen LogP contribution in [-0.2, 0) is 28.6 Å². The molecule has 0 heterocycles. The zero-order valence-electron chi connectivity index (χ0n) is 39.7. The summed E-state index contributed by atoms with van der Waals surface area (Å²) in [6, 6.07) is 0. The average molecular weight is 821 g/mol. The Bertz CT molecular complexity index is 885. The Labute approximate surface area is 361 Å². The molecule has 0 aromatic carbocycles. The quantitative estimate of drug-likeness (QED) is 0.0346. The van der Waals surface area contributed by atoms with E-state index < -0.39 is 6.10 Å². The van der Waals surface area contributed by atoms with Gasteiger partial charge in [0, 0.05) is 19.3 Å². The van der Waals surface area contributed by atoms with Gasteiger partial charge in [0.1, 0.15) is 13.2 Å². The van der Waals surface area contributed by atoms with Crippen molar-refractivity contribution in [3.63, 3.8) is 0 Å². The molecular weight excluding hydrogens is 721 g/mol. The van der Waals surface area contributed by atoms with Gasteiger partial charge in [0.25, 0.3) is 0 Å². The topological polar surface area (TPSA) is 78.9 Å². The van der Waals surface area contributed by atoms with E-state index in [0.29, 0.717) is 19.3 Å². The first kappa shape index (κ1) is 56.4. The molecule has 58 heavy (non-hydrogen) atoms. The summed E-state index contributed by atoms with van der Waals surface area (Å²) < 4.78 is 16.8. The largest absolute Gasteiger partial charge is 0.462 e. The normalized spacial score (nSPS) is 12.1. The summed E-state index contributed by atoms with van der Waals surface area (Å²) >= 11 is 0. The fourth-order valence-corrected chi connectivity index (χ4v) is 7.81. The SMILES string of the molecule is CCCCCCCCCCCCC(=O)OC[C@@H](COC(=O)CCCCCCCCCCCCCCCCC(C)C)OC(=O)CCCCCCCCCCCCC(C)C. The van der Waals surface area contributed by atoms with Crippen molar-refractivity contribution in [3.05, 3.63) is 0 Å². The number of carbonyl (C=O) groups is 3. The maximum atomic E-state index is 12.8. The number of carbonyl (C=O) groups excluding carboxylic acids is 3. The molecule has 0 aromatic rings. The van der Waals surface area contributed by atoms with E-state index in [4.69, 9.17) is 14.2 Å². The number of unbranched alkanes of at least 4 members (excludes halogenated alkanes) is 31. The molecule has 6 nitrogen and oxygen atoms in total. The molecule has 0 saturated carbocycles. The molecule has 0 radical (unpaired) electrons. The van der Waals surface area contributed by atoms with Gasteiger partial charge in [-0.15, -0.1) is 0 Å². The van der Waals surface area contributed by atoms with Crippen molar-refractivity contribution in [3.8, 4) is 0 Å². The standard InChI is InChI=1S/C52H100O6/c1-6-7-8-9-10-11-22-27-32-37-42-50(53)56-45-49(58-52(55)44-39-34-29-24-19-18-21-26-31-36-41-48(4)5)46-57-51(54)43-38-33-28-23-17-15-13-12-14-16-20-25-30-35-40-47(2)3/h47-49H,6-46H2,1-5H3/t49-/m0/s1. The summed E-state index contributed by atoms with van der Waals surface area (Å²) in [7, 11) is 0. The van der Waals surface area contributed by atoms with Crippen LogP contribution in [0, 0.1) is 11.8 Å². The van der Waals surface area contributed by atoms with Crippen LogP contribution < -0.4 is 0 Å². The third-order valence-electron chi connectivity index (χ3n) is 11.7. The van der Waals surface area contributed by atoms with E-state index in [1.807, 2.05) is 0 Å². The molecule has 0 fully saturated rings. The fraction of sp³-hybridized carbons (Fsp3) is 0.942. The molecule has 0 unspecified atom stereocenters. The van der Waals surface area contributed by atoms with Crippen LogP contribution >= 0.6 is 0 Å². The van der Waals surface area contributed by atoms with Gasteiger partial charge in [0.15, 0.2) is 6.10 Å². The molecule has 0 spiro atoms. The van der Waals surface area contributed by atoms with E-state index in [1.165, 1.54) is 173 Å². The fourth-order valence-electron chi connectivity index (χ4n) is 7.81. The van der Waals surface area contributed by atoms with Gasteiger partial charge in [-0.2, -0.15) is 0 Å². The maximum Gasteiger partial charge on any atom is 0.306 e. The molecule has 0 N–H and O–H groups in total. The van der Waals surface area contributed by atoms with Gasteiger partial charge in [-0.1, -0.05) is 247 Å². The van der Waals surface area contributed by atoms with Crippen LogP contribution in [0.2, 0.25) is 0 Å². The summed E-state index contributed by atoms with van der Waals surface area (Å²) in [5, 5.41) is 0. The number of esters is 3. The second-order valence-corrected chi connectivity index (χ2v) is 18.8. The third-order valence-corrected chi connectivity index (χ3v) is 11.7. The molecule has 0 bridgehead atoms. The van der Waals surface area contributed by atoms with E-state index >= 15 is 0 Å². The molecule has 0 amide bonds. The smallest absolute Gasteiger partial charge is 0.306 e. The summed E-state index contributed by atoms with van der Waals surface area (Å²) in [5.74, 6) is 0.811. The summed E-state index contributed by atoms with van der Waals surface area (Å²) in [6.07, 6.45) is 45.2. The first-order chi connectivity index (χ1) is 28.2. The molecule has 0 aliphatic heterocycles. The van der Waals surface area contributed by atoms with Gasteiger partial charge in [-0.3, -0.25) is 14.4 Å². The van der Waals surface area contributed by atoms with Crippen molar-refractivity contribution < 1.29 is 28.6 Å². The zero-order valence-corrected chi connectivity index (χ0v) is 39.7. The van der Waals surface area contributed by atoms with Crippen molar-refractivity contribution in [2.75, 3.05) is 13.2 Å². The minimum Gasteiger partial charge on any atom is -0.462 e. The zero-order chi connectivity index (χ0) is 42.6. The third kappa shape index (κ3) is 45.5. The summed E-state index contributed by atoms with van der Waals surface area (Å²) in [6.45, 7) is 11.4. The molecule has 344 valence electrons. The van der Waals surface area contributed by atoms with Gasteiger partial charge in [0.2, 0.25) is 0 Å². The number of hydrogen-bond acceptors (Lipinski definition) is 6. The first-order valence-corrected chi connectivity index (χ1v) is 25.7. The van der Waals surface area contributed by atoms with Crippen molar-refractivity contribution in [1.82, 2.24) is 0 Å². The number of rotatable bonds is 46. The Kier molecular flexibility index (Phi) is 43.7. The molecular formula is C52H100O6. The molecule has 1 atom stereocenters. The Morgan fingerprint density at radius 1 is 0.328 bits per heavy atom. The van der Waals surface area contributed by atoms with Crippen molar-refractivity contribution in [2.45, 2.75) is 291 Å². The second-order valence-electron chi connectivity index (χ2n) is 18.8. The van der Waals surface area contributed by atoms with Crippen LogP contribution in [0.25, 0.3) is 0 Å². The lowest BCUT2D eigenvalue weighted by Gasteiger charge is -2.18. The lowest BCUT2D eigenvalue weighted by Crippen LogP contribution is -2.30. The molecule has 6 heteroatoms. The number of hydrogen-bond donors (Lipinski definition) is 0. The highest BCUT2D eigenvalue weighted by Crippen LogP contribution is 2.17. The van der Waals surface area contributed by atoms with Gasteiger partial charge in [-0.05, 0) is 31.1 Å². The van der Waals surface area contributed by atoms with Crippen LogP contribution in [0.5, 0.6) is 0 Å². The van der Waals surface area contributed by atoms with Crippen molar-refractivity contribution in [1.29, 1.82) is 0 Å². The van der Waals surface area contributed by atoms with Crippen LogP contribution in [0.4, 0.5) is 0 Å². The monoisotopic (exact) mass is 821 g/mol. The Morgan fingerprint density at radius 2 is 0.569 bits per heavy atom. The molecule has 0 aliphatic rings. The van der Waals surface area contributed by atoms with Crippen LogP contribution in [0.15, 0.2) is 0 Å². The van der Waals surface area contributed by atoms with E-state index in [0.717, 1.165) is 69.6 Å². The Morgan fingerprint density at radius 3 is 0.845 bits per heavy atom. The minimum atomic E-state index is -0.761. The van der Waals surface area contributed by atoms with Crippen molar-refractivity contribution >= 4 is 17.9 Å². The van der Waals surface area contributed by atoms with Gasteiger partial charge in [-0.25, -0.2) is 0 Å². The predicted octanol–water partition coefficient (Wildman–Crippen LogP) is 16.5. The highest BCUT2D eigenvalue weighted by molar-refractivity contribution is 5.71. The lowest BCUT2D eigenvalue weighted by atomic mass is 10.0. The predicted molar refractivity (Wildman–Crippen MR) is 247 cm³/mol. The second kappa shape index (κ2) is 44.9. The highest BCUT2D eigenvalue weighted by Gasteiger charge is 2.19. The van der Waals surface area contributed by atoms with Crippen LogP contribution in [0.1, 0.15) is 285 Å². The Balaban J connectivity index is 4.27. The minimum absolute atomic E-state index is 0.0638. The summed E-state index contributed by atoms with van der Waals surface area (Å²) in [5.41, 5.74) is 0. The van der Waals surface area contributed by atoms with Crippen molar-refractivity contribution in [2.24, 2.45) is 11.8 Å². The Hall–Kier alpha value is -1.59. The van der Waals surface area contributed by atoms with Gasteiger partial charge in [0.05, 0.1) is 0 Å². The summed E-state index contributed by atoms with van der Waals surface area (Å²) in [4.78, 5) is 37.9. The maximum absolute atomic E-state index is 12.8.